The van der Waals surface area contributed by atoms with Crippen molar-refractivity contribution in [1.82, 2.24) is 0 Å². The minimum Gasteiger partial charge on any atom is -0.491 e. The van der Waals surface area contributed by atoms with Crippen molar-refractivity contribution in [3.8, 4) is 5.75 Å². The first-order chi connectivity index (χ1) is 10.8. The van der Waals surface area contributed by atoms with Crippen LogP contribution in [0.25, 0.3) is 0 Å². The van der Waals surface area contributed by atoms with Crippen molar-refractivity contribution in [2.45, 2.75) is 13.8 Å². The Morgan fingerprint density at radius 2 is 1.43 bits per heavy atom. The second-order valence-corrected chi connectivity index (χ2v) is 4.89. The number of rotatable bonds is 3. The summed E-state index contributed by atoms with van der Waals surface area (Å²) in [6, 6.07) is 5.07. The molecule has 0 fully saturated rings. The number of hydrogen-bond donors (Lipinski definition) is 1. The number of nitrogens with one attached hydrogen (secondary N) is 1. The van der Waals surface area contributed by atoms with E-state index in [9.17, 15) is 22.4 Å². The third-order valence-electron chi connectivity index (χ3n) is 3.37. The summed E-state index contributed by atoms with van der Waals surface area (Å²) >= 11 is 0. The van der Waals surface area contributed by atoms with Gasteiger partial charge in [-0.15, -0.1) is 0 Å². The molecule has 0 atom stereocenters. The van der Waals surface area contributed by atoms with Crippen LogP contribution < -0.4 is 10.1 Å². The molecule has 2 rings (SSSR count). The van der Waals surface area contributed by atoms with Crippen LogP contribution in [0.3, 0.4) is 0 Å². The van der Waals surface area contributed by atoms with Gasteiger partial charge in [-0.3, -0.25) is 4.79 Å². The quantitative estimate of drug-likeness (QED) is 0.680. The Morgan fingerprint density at radius 1 is 0.957 bits per heavy atom. The van der Waals surface area contributed by atoms with Crippen molar-refractivity contribution in [2.75, 3.05) is 12.4 Å². The van der Waals surface area contributed by atoms with Crippen molar-refractivity contribution in [3.63, 3.8) is 0 Å². The Labute approximate surface area is 129 Å². The summed E-state index contributed by atoms with van der Waals surface area (Å²) in [7, 11) is 0.858. The molecule has 0 heterocycles. The average molecular weight is 327 g/mol. The molecular formula is C16H13F4NO2. The highest BCUT2D eigenvalue weighted by molar-refractivity contribution is 6.05. The molecule has 2 aromatic carbocycles. The molecule has 0 aromatic heterocycles. The van der Waals surface area contributed by atoms with E-state index in [2.05, 4.69) is 10.1 Å². The second kappa shape index (κ2) is 6.28. The molecule has 0 saturated heterocycles. The van der Waals surface area contributed by atoms with Crippen LogP contribution in [0.5, 0.6) is 5.75 Å². The lowest BCUT2D eigenvalue weighted by molar-refractivity contribution is 0.101. The largest absolute Gasteiger partial charge is 0.491 e. The third kappa shape index (κ3) is 2.86. The SMILES string of the molecule is COc1c(F)c(F)c(C(=O)Nc2c(C)cccc2C)c(F)c1F. The van der Waals surface area contributed by atoms with Crippen LogP contribution in [0.2, 0.25) is 0 Å². The Bertz CT molecular complexity index is 741. The predicted molar refractivity (Wildman–Crippen MR) is 76.7 cm³/mol. The maximum atomic E-state index is 13.9. The number of carbonyl (C=O) groups is 1. The van der Waals surface area contributed by atoms with Crippen LogP contribution in [0.4, 0.5) is 23.2 Å². The number of benzene rings is 2. The number of methoxy groups -OCH3 is 1. The van der Waals surface area contributed by atoms with Crippen LogP contribution in [0, 0.1) is 37.1 Å². The number of ether oxygens (including phenoxy) is 1. The highest BCUT2D eigenvalue weighted by Crippen LogP contribution is 2.30. The molecule has 1 N–H and O–H groups in total. The molecule has 2 aromatic rings. The minimum atomic E-state index is -1.82. The number of anilines is 1. The molecule has 3 nitrogen and oxygen atoms in total. The van der Waals surface area contributed by atoms with Gasteiger partial charge < -0.3 is 10.1 Å². The number of halogens is 4. The topological polar surface area (TPSA) is 38.3 Å². The van der Waals surface area contributed by atoms with Crippen molar-refractivity contribution in [2.24, 2.45) is 0 Å². The van der Waals surface area contributed by atoms with Crippen molar-refractivity contribution >= 4 is 11.6 Å². The summed E-state index contributed by atoms with van der Waals surface area (Å²) in [6.07, 6.45) is 0. The van der Waals surface area contributed by atoms with Crippen LogP contribution in [-0.2, 0) is 0 Å². The van der Waals surface area contributed by atoms with Gasteiger partial charge >= 0.3 is 0 Å². The molecule has 1 amide bonds. The van der Waals surface area contributed by atoms with Gasteiger partial charge in [0.15, 0.2) is 17.4 Å². The maximum Gasteiger partial charge on any atom is 0.261 e. The first-order valence-corrected chi connectivity index (χ1v) is 6.57. The minimum absolute atomic E-state index is 0.313. The Kier molecular flexibility index (Phi) is 4.58. The number of carbonyl (C=O) groups excluding carboxylic acids is 1. The van der Waals surface area contributed by atoms with Gasteiger partial charge in [-0.2, -0.15) is 8.78 Å². The first kappa shape index (κ1) is 16.8. The van der Waals surface area contributed by atoms with Gasteiger partial charge in [0.2, 0.25) is 11.6 Å². The van der Waals surface area contributed by atoms with E-state index in [1.807, 2.05) is 0 Å². The van der Waals surface area contributed by atoms with Crippen molar-refractivity contribution in [1.29, 1.82) is 0 Å². The zero-order valence-corrected chi connectivity index (χ0v) is 12.6. The summed E-state index contributed by atoms with van der Waals surface area (Å²) in [4.78, 5) is 12.1. The number of para-hydroxylation sites is 1. The second-order valence-electron chi connectivity index (χ2n) is 4.89. The third-order valence-corrected chi connectivity index (χ3v) is 3.37. The highest BCUT2D eigenvalue weighted by atomic mass is 19.2. The molecule has 23 heavy (non-hydrogen) atoms. The molecule has 0 unspecified atom stereocenters. The Hall–Kier alpha value is -2.57. The molecule has 122 valence electrons. The van der Waals surface area contributed by atoms with Crippen LogP contribution in [-0.4, -0.2) is 13.0 Å². The molecule has 0 aliphatic rings. The lowest BCUT2D eigenvalue weighted by Crippen LogP contribution is -2.19. The summed E-state index contributed by atoms with van der Waals surface area (Å²) in [6.45, 7) is 3.34. The smallest absolute Gasteiger partial charge is 0.261 e. The van der Waals surface area contributed by atoms with E-state index in [1.54, 1.807) is 32.0 Å². The first-order valence-electron chi connectivity index (χ1n) is 6.57. The molecular weight excluding hydrogens is 314 g/mol. The molecule has 0 aliphatic heterocycles. The Balaban J connectivity index is 2.53. The normalized spacial score (nSPS) is 10.6. The van der Waals surface area contributed by atoms with Crippen molar-refractivity contribution in [3.05, 3.63) is 58.2 Å². The van der Waals surface area contributed by atoms with Crippen LogP contribution in [0.1, 0.15) is 21.5 Å². The maximum absolute atomic E-state index is 13.9. The molecule has 0 bridgehead atoms. The van der Waals surface area contributed by atoms with E-state index in [0.29, 0.717) is 16.8 Å². The molecule has 0 radical (unpaired) electrons. The van der Waals surface area contributed by atoms with Gasteiger partial charge in [0, 0.05) is 5.69 Å². The van der Waals surface area contributed by atoms with Gasteiger partial charge in [-0.25, -0.2) is 8.78 Å². The zero-order valence-electron chi connectivity index (χ0n) is 12.6. The van der Waals surface area contributed by atoms with Crippen LogP contribution >= 0.6 is 0 Å². The fourth-order valence-corrected chi connectivity index (χ4v) is 2.18. The van der Waals surface area contributed by atoms with Crippen LogP contribution in [0.15, 0.2) is 18.2 Å². The Morgan fingerprint density at radius 3 is 1.87 bits per heavy atom. The fraction of sp³-hybridized carbons (Fsp3) is 0.188. The fourth-order valence-electron chi connectivity index (χ4n) is 2.18. The van der Waals surface area contributed by atoms with E-state index in [-0.39, 0.29) is 0 Å². The van der Waals surface area contributed by atoms with E-state index in [0.717, 1.165) is 7.11 Å². The summed E-state index contributed by atoms with van der Waals surface area (Å²) in [5.41, 5.74) is 0.235. The van der Waals surface area contributed by atoms with E-state index in [4.69, 9.17) is 0 Å². The lowest BCUT2D eigenvalue weighted by atomic mass is 10.1. The van der Waals surface area contributed by atoms with E-state index < -0.39 is 40.5 Å². The highest BCUT2D eigenvalue weighted by Gasteiger charge is 2.30. The van der Waals surface area contributed by atoms with Gasteiger partial charge in [0.1, 0.15) is 5.56 Å². The predicted octanol–water partition coefficient (Wildman–Crippen LogP) is 4.12. The summed E-state index contributed by atoms with van der Waals surface area (Å²) in [5.74, 6) is -9.67. The number of aryl methyl sites for hydroxylation is 2. The standard InChI is InChI=1S/C16H13F4NO2/c1-7-5-4-6-8(2)14(7)21-16(22)9-10(17)12(19)15(23-3)13(20)11(9)18/h4-6H,1-3H3,(H,21,22). The number of hydrogen-bond acceptors (Lipinski definition) is 2. The van der Waals surface area contributed by atoms with E-state index >= 15 is 0 Å². The summed E-state index contributed by atoms with van der Waals surface area (Å²) < 4.78 is 59.5. The van der Waals surface area contributed by atoms with Gasteiger partial charge in [0.25, 0.3) is 5.91 Å². The van der Waals surface area contributed by atoms with Crippen molar-refractivity contribution < 1.29 is 27.1 Å². The summed E-state index contributed by atoms with van der Waals surface area (Å²) in [5, 5.41) is 2.28. The molecule has 0 aliphatic carbocycles. The number of amides is 1. The molecule has 7 heteroatoms. The van der Waals surface area contributed by atoms with Gasteiger partial charge in [-0.05, 0) is 25.0 Å². The van der Waals surface area contributed by atoms with Gasteiger partial charge in [-0.1, -0.05) is 18.2 Å². The van der Waals surface area contributed by atoms with Gasteiger partial charge in [0.05, 0.1) is 7.11 Å². The zero-order chi connectivity index (χ0) is 17.3. The average Bonchev–Trinajstić information content (AvgIpc) is 2.50. The monoisotopic (exact) mass is 327 g/mol. The van der Waals surface area contributed by atoms with E-state index in [1.165, 1.54) is 0 Å². The lowest BCUT2D eigenvalue weighted by Gasteiger charge is -2.14. The molecule has 0 spiro atoms. The molecule has 0 saturated carbocycles.